The second kappa shape index (κ2) is 22.6. The van der Waals surface area contributed by atoms with Gasteiger partial charge in [0.25, 0.3) is 0 Å². The summed E-state index contributed by atoms with van der Waals surface area (Å²) >= 11 is 0. The highest BCUT2D eigenvalue weighted by Gasteiger charge is 2.36. The van der Waals surface area contributed by atoms with Crippen molar-refractivity contribution in [3.05, 3.63) is 297 Å². The van der Waals surface area contributed by atoms with E-state index in [1.165, 1.54) is 143 Å². The predicted octanol–water partition coefficient (Wildman–Crippen LogP) is 18.0. The molecule has 0 unspecified atom stereocenters. The van der Waals surface area contributed by atoms with Crippen LogP contribution in [0.2, 0.25) is 0 Å². The summed E-state index contributed by atoms with van der Waals surface area (Å²) in [6, 6.07) is 87.2. The fourth-order valence-corrected chi connectivity index (χ4v) is 15.6. The standard InChI is InChI=1S/C82H74B2N2/c1-51-43-55(5)75(56(6)44-51)83(76-57(7)45-52(2)46-58(76)8)79-67-31-19-23-35-71(67)81(72-36-24-20-32-68(72)79)85(63-27-15-13-16-28-63)65-39-41-66(42-40-65)86(64-29-17-14-18-30-64)82-73-37-25-21-33-69(73)80(70-34-22-26-38-74(70)82)84(77-59(9)47-53(3)48-60(77)10)78-61(11)49-54(4)50-62(78)12/h13-50H,1-12H3. The molecule has 0 aliphatic rings. The molecule has 418 valence electrons. The molecule has 0 N–H and O–H groups in total. The average Bonchev–Trinajstić information content (AvgIpc) is 0.769. The summed E-state index contributed by atoms with van der Waals surface area (Å²) in [5.41, 5.74) is 30.6. The third-order valence-electron chi connectivity index (χ3n) is 18.4. The maximum atomic E-state index is 2.51. The minimum atomic E-state index is -0.0210. The number of hydrogen-bond acceptors (Lipinski definition) is 2. The zero-order valence-corrected chi connectivity index (χ0v) is 52.0. The summed E-state index contributed by atoms with van der Waals surface area (Å²) < 4.78 is 0. The summed E-state index contributed by atoms with van der Waals surface area (Å²) in [5, 5.41) is 9.84. The smallest absolute Gasteiger partial charge is 0.244 e. The summed E-state index contributed by atoms with van der Waals surface area (Å²) in [5.74, 6) is 0. The Balaban J connectivity index is 1.05. The quantitative estimate of drug-likeness (QED) is 0.0889. The highest BCUT2D eigenvalue weighted by Crippen LogP contribution is 2.47. The summed E-state index contributed by atoms with van der Waals surface area (Å²) in [4.78, 5) is 5.02. The molecule has 13 rings (SSSR count). The average molecular weight is 1110 g/mol. The second-order valence-electron chi connectivity index (χ2n) is 24.7. The fourth-order valence-electron chi connectivity index (χ4n) is 15.6. The summed E-state index contributed by atoms with van der Waals surface area (Å²) in [7, 11) is 0. The molecule has 13 aromatic rings. The highest BCUT2D eigenvalue weighted by atomic mass is 15.2. The van der Waals surface area contributed by atoms with Crippen molar-refractivity contribution >= 4 is 123 Å². The van der Waals surface area contributed by atoms with E-state index in [-0.39, 0.29) is 13.4 Å². The molecule has 0 bridgehead atoms. The van der Waals surface area contributed by atoms with Crippen LogP contribution in [0.3, 0.4) is 0 Å². The van der Waals surface area contributed by atoms with Crippen molar-refractivity contribution in [2.75, 3.05) is 9.80 Å². The zero-order valence-electron chi connectivity index (χ0n) is 52.0. The Bertz CT molecular complexity index is 4160. The summed E-state index contributed by atoms with van der Waals surface area (Å²) in [6.45, 7) is 27.4. The fraction of sp³-hybridized carbons (Fsp3) is 0.146. The van der Waals surface area contributed by atoms with Gasteiger partial charge >= 0.3 is 0 Å². The molecule has 0 amide bonds. The van der Waals surface area contributed by atoms with E-state index in [4.69, 9.17) is 0 Å². The minimum absolute atomic E-state index is 0.0210. The van der Waals surface area contributed by atoms with Gasteiger partial charge in [0, 0.05) is 44.3 Å². The van der Waals surface area contributed by atoms with Gasteiger partial charge in [-0.3, -0.25) is 0 Å². The van der Waals surface area contributed by atoms with Crippen molar-refractivity contribution in [3.8, 4) is 0 Å². The number of fused-ring (bicyclic) bond motifs is 4. The third-order valence-corrected chi connectivity index (χ3v) is 18.4. The van der Waals surface area contributed by atoms with Crippen molar-refractivity contribution in [1.82, 2.24) is 0 Å². The van der Waals surface area contributed by atoms with E-state index in [0.29, 0.717) is 0 Å². The van der Waals surface area contributed by atoms with Gasteiger partial charge in [0.05, 0.1) is 11.4 Å². The van der Waals surface area contributed by atoms with E-state index in [9.17, 15) is 0 Å². The van der Waals surface area contributed by atoms with Gasteiger partial charge in [-0.05, 0) is 153 Å². The van der Waals surface area contributed by atoms with Crippen LogP contribution in [0.25, 0.3) is 43.1 Å². The van der Waals surface area contributed by atoms with E-state index < -0.39 is 0 Å². The van der Waals surface area contributed by atoms with Crippen LogP contribution in [0.5, 0.6) is 0 Å². The van der Waals surface area contributed by atoms with Crippen molar-refractivity contribution in [3.63, 3.8) is 0 Å². The molecule has 0 aliphatic heterocycles. The van der Waals surface area contributed by atoms with E-state index >= 15 is 0 Å². The van der Waals surface area contributed by atoms with Crippen molar-refractivity contribution in [2.45, 2.75) is 83.1 Å². The molecule has 4 heteroatoms. The van der Waals surface area contributed by atoms with Crippen LogP contribution in [0.1, 0.15) is 66.8 Å². The molecular formula is C82H74B2N2. The van der Waals surface area contributed by atoms with Crippen LogP contribution in [0, 0.1) is 83.1 Å². The first kappa shape index (κ1) is 55.8. The molecular weight excluding hydrogens is 1030 g/mol. The van der Waals surface area contributed by atoms with Gasteiger partial charge in [-0.2, -0.15) is 0 Å². The van der Waals surface area contributed by atoms with Crippen molar-refractivity contribution < 1.29 is 0 Å². The molecule has 13 aromatic carbocycles. The SMILES string of the molecule is Cc1cc(C)c(B(c2c(C)cc(C)cc2C)c2c3ccccc3c(N(c3ccccc3)c3ccc(N(c4ccccc4)c4c5ccccc5c(B(c5c(C)cc(C)cc5C)c5c(C)cc(C)cc5C)c5ccccc45)cc3)c3ccccc23)c(C)c1. The van der Waals surface area contributed by atoms with Gasteiger partial charge in [-0.15, -0.1) is 0 Å². The molecule has 0 aliphatic carbocycles. The minimum Gasteiger partial charge on any atom is -0.309 e. The molecule has 0 saturated carbocycles. The normalized spacial score (nSPS) is 11.5. The number of para-hydroxylation sites is 2. The Morgan fingerprint density at radius 1 is 0.198 bits per heavy atom. The van der Waals surface area contributed by atoms with Gasteiger partial charge in [-0.25, -0.2) is 0 Å². The lowest BCUT2D eigenvalue weighted by Crippen LogP contribution is -2.56. The number of hydrogen-bond donors (Lipinski definition) is 0. The molecule has 0 radical (unpaired) electrons. The Hall–Kier alpha value is -9.37. The Kier molecular flexibility index (Phi) is 14.6. The number of aryl methyl sites for hydroxylation is 12. The first-order valence-electron chi connectivity index (χ1n) is 30.6. The first-order chi connectivity index (χ1) is 41.7. The Labute approximate surface area is 510 Å². The van der Waals surface area contributed by atoms with Crippen LogP contribution in [0.15, 0.2) is 231 Å². The van der Waals surface area contributed by atoms with Gasteiger partial charge in [0.2, 0.25) is 13.4 Å². The van der Waals surface area contributed by atoms with Crippen molar-refractivity contribution in [2.24, 2.45) is 0 Å². The topological polar surface area (TPSA) is 6.48 Å². The lowest BCUT2D eigenvalue weighted by molar-refractivity contribution is 1.28. The van der Waals surface area contributed by atoms with Gasteiger partial charge in [-0.1, -0.05) is 282 Å². The van der Waals surface area contributed by atoms with Crippen LogP contribution in [-0.4, -0.2) is 13.4 Å². The zero-order chi connectivity index (χ0) is 59.7. The van der Waals surface area contributed by atoms with E-state index in [0.717, 1.165) is 34.1 Å². The monoisotopic (exact) mass is 1110 g/mol. The number of rotatable bonds is 12. The number of benzene rings is 13. The van der Waals surface area contributed by atoms with Crippen LogP contribution in [-0.2, 0) is 0 Å². The molecule has 0 saturated heterocycles. The molecule has 2 nitrogen and oxygen atoms in total. The van der Waals surface area contributed by atoms with E-state index in [1.54, 1.807) is 0 Å². The maximum Gasteiger partial charge on any atom is 0.244 e. The number of anilines is 6. The molecule has 0 aromatic heterocycles. The second-order valence-corrected chi connectivity index (χ2v) is 24.7. The van der Waals surface area contributed by atoms with Gasteiger partial charge in [0.1, 0.15) is 0 Å². The third kappa shape index (κ3) is 9.66. The molecule has 0 heterocycles. The van der Waals surface area contributed by atoms with E-state index in [2.05, 4.69) is 323 Å². The lowest BCUT2D eigenvalue weighted by atomic mass is 9.33. The molecule has 0 spiro atoms. The Morgan fingerprint density at radius 3 is 0.605 bits per heavy atom. The van der Waals surface area contributed by atoms with E-state index in [1.807, 2.05) is 0 Å². The van der Waals surface area contributed by atoms with Gasteiger partial charge < -0.3 is 9.80 Å². The predicted molar refractivity (Wildman–Crippen MR) is 378 cm³/mol. The van der Waals surface area contributed by atoms with Crippen molar-refractivity contribution in [1.29, 1.82) is 0 Å². The first-order valence-corrected chi connectivity index (χ1v) is 30.6. The summed E-state index contributed by atoms with van der Waals surface area (Å²) in [6.07, 6.45) is 0. The van der Waals surface area contributed by atoms with Crippen LogP contribution >= 0.6 is 0 Å². The molecule has 0 atom stereocenters. The van der Waals surface area contributed by atoms with Gasteiger partial charge in [0.15, 0.2) is 0 Å². The lowest BCUT2D eigenvalue weighted by Gasteiger charge is -2.33. The van der Waals surface area contributed by atoms with Crippen LogP contribution in [0.4, 0.5) is 34.1 Å². The Morgan fingerprint density at radius 2 is 0.384 bits per heavy atom. The number of nitrogens with zero attached hydrogens (tertiary/aromatic N) is 2. The maximum absolute atomic E-state index is 2.51. The van der Waals surface area contributed by atoms with Crippen LogP contribution < -0.4 is 42.6 Å². The highest BCUT2D eigenvalue weighted by molar-refractivity contribution is 7.00. The largest absolute Gasteiger partial charge is 0.309 e. The molecule has 86 heavy (non-hydrogen) atoms. The molecule has 0 fully saturated rings.